The fourth-order valence-electron chi connectivity index (χ4n) is 3.71. The van der Waals surface area contributed by atoms with Crippen molar-refractivity contribution >= 4 is 24.2 Å². The van der Waals surface area contributed by atoms with Gasteiger partial charge in [0.05, 0.1) is 24.5 Å². The number of rotatable bonds is 5. The van der Waals surface area contributed by atoms with Crippen molar-refractivity contribution in [3.05, 3.63) is 52.8 Å². The highest BCUT2D eigenvalue weighted by molar-refractivity contribution is 6.01. The van der Waals surface area contributed by atoms with Gasteiger partial charge in [-0.3, -0.25) is 14.3 Å². The molecule has 27 heavy (non-hydrogen) atoms. The molecular weight excluding hydrogens is 366 g/mol. The van der Waals surface area contributed by atoms with Gasteiger partial charge in [0, 0.05) is 25.2 Å². The van der Waals surface area contributed by atoms with Gasteiger partial charge in [0.25, 0.3) is 5.91 Å². The number of benzene rings is 1. The number of fused-ring (bicyclic) bond motifs is 2. The predicted molar refractivity (Wildman–Crippen MR) is 103 cm³/mol. The van der Waals surface area contributed by atoms with E-state index in [1.807, 2.05) is 41.9 Å². The third-order valence-electron chi connectivity index (χ3n) is 5.08. The molecule has 2 aliphatic rings. The molecule has 1 aromatic carbocycles. The normalized spacial score (nSPS) is 16.3. The first-order valence-electron chi connectivity index (χ1n) is 9.10. The Bertz CT molecular complexity index is 827. The maximum Gasteiger partial charge on any atom is 0.255 e. The lowest BCUT2D eigenvalue weighted by molar-refractivity contribution is -0.126. The van der Waals surface area contributed by atoms with Crippen LogP contribution in [-0.2, 0) is 31.0 Å². The highest BCUT2D eigenvalue weighted by Crippen LogP contribution is 2.25. The molecule has 0 aliphatic carbocycles. The summed E-state index contributed by atoms with van der Waals surface area (Å²) < 4.78 is 1.98. The number of carbonyl (C=O) groups excluding carboxylic acids is 2. The average Bonchev–Trinajstić information content (AvgIpc) is 3.22. The van der Waals surface area contributed by atoms with E-state index in [9.17, 15) is 9.59 Å². The Labute approximate surface area is 164 Å². The van der Waals surface area contributed by atoms with Gasteiger partial charge >= 0.3 is 0 Å². The van der Waals surface area contributed by atoms with E-state index >= 15 is 0 Å². The smallest absolute Gasteiger partial charge is 0.255 e. The molecule has 7 nitrogen and oxygen atoms in total. The van der Waals surface area contributed by atoms with E-state index in [4.69, 9.17) is 0 Å². The number of nitrogens with one attached hydrogen (secondary N) is 2. The summed E-state index contributed by atoms with van der Waals surface area (Å²) in [6.07, 6.45) is 0.579. The molecule has 2 aromatic rings. The lowest BCUT2D eigenvalue weighted by atomic mass is 10.1. The second kappa shape index (κ2) is 8.10. The van der Waals surface area contributed by atoms with Crippen molar-refractivity contribution in [2.24, 2.45) is 0 Å². The number of halogens is 1. The van der Waals surface area contributed by atoms with Gasteiger partial charge in [-0.1, -0.05) is 25.1 Å². The van der Waals surface area contributed by atoms with Crippen LogP contribution in [-0.4, -0.2) is 39.1 Å². The molecule has 0 radical (unpaired) electrons. The van der Waals surface area contributed by atoms with Crippen molar-refractivity contribution in [2.45, 2.75) is 45.6 Å². The lowest BCUT2D eigenvalue weighted by Gasteiger charge is -2.25. The molecule has 4 rings (SSSR count). The molecule has 0 saturated carbocycles. The Morgan fingerprint density at radius 1 is 1.37 bits per heavy atom. The minimum atomic E-state index is -0.464. The monoisotopic (exact) mass is 389 g/mol. The lowest BCUT2D eigenvalue weighted by Crippen LogP contribution is -2.46. The van der Waals surface area contributed by atoms with E-state index in [1.54, 1.807) is 4.90 Å². The van der Waals surface area contributed by atoms with Crippen molar-refractivity contribution in [2.75, 3.05) is 6.54 Å². The molecule has 2 N–H and O–H groups in total. The number of hydrogen-bond acceptors (Lipinski definition) is 4. The Hall–Kier alpha value is -2.38. The molecule has 0 saturated heterocycles. The summed E-state index contributed by atoms with van der Waals surface area (Å²) in [5.74, 6) is -0.191. The maximum absolute atomic E-state index is 12.7. The summed E-state index contributed by atoms with van der Waals surface area (Å²) in [5, 5.41) is 10.8. The van der Waals surface area contributed by atoms with E-state index in [0.717, 1.165) is 36.6 Å². The zero-order valence-electron chi connectivity index (χ0n) is 15.3. The van der Waals surface area contributed by atoms with Crippen LogP contribution in [0.5, 0.6) is 0 Å². The number of amides is 2. The van der Waals surface area contributed by atoms with Crippen LogP contribution in [0.15, 0.2) is 30.3 Å². The maximum atomic E-state index is 12.7. The van der Waals surface area contributed by atoms with Gasteiger partial charge in [-0.15, -0.1) is 12.4 Å². The van der Waals surface area contributed by atoms with Crippen LogP contribution in [0.2, 0.25) is 0 Å². The standard InChI is InChI=1S/C19H23N5O2.ClH/c1-2-17(23-12-13-5-3-4-6-16(13)19(23)26)18(25)21-10-14-9-15-11-20-7-8-24(15)22-14;/h3-6,9,17,20H,2,7-8,10-12H2,1H3,(H,21,25);1H. The molecule has 2 aliphatic heterocycles. The third-order valence-corrected chi connectivity index (χ3v) is 5.08. The van der Waals surface area contributed by atoms with Crippen LogP contribution in [0.25, 0.3) is 0 Å². The number of aromatic nitrogens is 2. The predicted octanol–water partition coefficient (Wildman–Crippen LogP) is 1.46. The summed E-state index contributed by atoms with van der Waals surface area (Å²) in [6.45, 7) is 5.37. The first kappa shape index (κ1) is 19.4. The Morgan fingerprint density at radius 2 is 2.19 bits per heavy atom. The van der Waals surface area contributed by atoms with E-state index in [2.05, 4.69) is 15.7 Å². The molecule has 3 heterocycles. The summed E-state index contributed by atoms with van der Waals surface area (Å²) in [7, 11) is 0. The highest BCUT2D eigenvalue weighted by atomic mass is 35.5. The summed E-state index contributed by atoms with van der Waals surface area (Å²) >= 11 is 0. The van der Waals surface area contributed by atoms with Gasteiger partial charge in [-0.2, -0.15) is 5.10 Å². The van der Waals surface area contributed by atoms with E-state index < -0.39 is 6.04 Å². The number of hydrogen-bond donors (Lipinski definition) is 2. The van der Waals surface area contributed by atoms with Crippen molar-refractivity contribution in [1.82, 2.24) is 25.3 Å². The number of nitrogens with zero attached hydrogens (tertiary/aromatic N) is 3. The molecule has 1 unspecified atom stereocenters. The molecule has 0 bridgehead atoms. The third kappa shape index (κ3) is 3.70. The second-order valence-electron chi connectivity index (χ2n) is 6.76. The molecule has 0 spiro atoms. The van der Waals surface area contributed by atoms with Crippen LogP contribution < -0.4 is 10.6 Å². The Morgan fingerprint density at radius 3 is 2.93 bits per heavy atom. The van der Waals surface area contributed by atoms with Crippen LogP contribution in [0.1, 0.15) is 40.7 Å². The van der Waals surface area contributed by atoms with Crippen molar-refractivity contribution in [1.29, 1.82) is 0 Å². The first-order chi connectivity index (χ1) is 12.7. The van der Waals surface area contributed by atoms with Crippen molar-refractivity contribution < 1.29 is 9.59 Å². The van der Waals surface area contributed by atoms with Gasteiger partial charge in [-0.25, -0.2) is 0 Å². The quantitative estimate of drug-likeness (QED) is 0.811. The molecule has 0 fully saturated rings. The fourth-order valence-corrected chi connectivity index (χ4v) is 3.71. The summed E-state index contributed by atoms with van der Waals surface area (Å²) in [4.78, 5) is 27.0. The van der Waals surface area contributed by atoms with E-state index in [1.165, 1.54) is 0 Å². The molecule has 144 valence electrons. The largest absolute Gasteiger partial charge is 0.349 e. The average molecular weight is 390 g/mol. The van der Waals surface area contributed by atoms with E-state index in [-0.39, 0.29) is 24.2 Å². The topological polar surface area (TPSA) is 79.3 Å². The number of carbonyl (C=O) groups is 2. The van der Waals surface area contributed by atoms with Gasteiger partial charge < -0.3 is 15.5 Å². The molecule has 8 heteroatoms. The molecule has 1 aromatic heterocycles. The van der Waals surface area contributed by atoms with Gasteiger partial charge in [0.1, 0.15) is 6.04 Å². The zero-order chi connectivity index (χ0) is 18.1. The minimum absolute atomic E-state index is 0. The minimum Gasteiger partial charge on any atom is -0.349 e. The summed E-state index contributed by atoms with van der Waals surface area (Å²) in [6, 6.07) is 9.11. The van der Waals surface area contributed by atoms with Crippen LogP contribution >= 0.6 is 12.4 Å². The van der Waals surface area contributed by atoms with Gasteiger partial charge in [0.15, 0.2) is 0 Å². The zero-order valence-corrected chi connectivity index (χ0v) is 16.1. The van der Waals surface area contributed by atoms with Crippen LogP contribution in [0.4, 0.5) is 0 Å². The van der Waals surface area contributed by atoms with Crippen molar-refractivity contribution in [3.63, 3.8) is 0 Å². The Kier molecular flexibility index (Phi) is 5.82. The highest BCUT2D eigenvalue weighted by Gasteiger charge is 2.35. The van der Waals surface area contributed by atoms with Crippen molar-refractivity contribution in [3.8, 4) is 0 Å². The van der Waals surface area contributed by atoms with E-state index in [0.29, 0.717) is 25.1 Å². The molecular formula is C19H24ClN5O2. The molecule has 2 amide bonds. The summed E-state index contributed by atoms with van der Waals surface area (Å²) in [5.41, 5.74) is 3.67. The van der Waals surface area contributed by atoms with Gasteiger partial charge in [0.2, 0.25) is 5.91 Å². The second-order valence-corrected chi connectivity index (χ2v) is 6.76. The fraction of sp³-hybridized carbons (Fsp3) is 0.421. The van der Waals surface area contributed by atoms with Crippen LogP contribution in [0, 0.1) is 0 Å². The molecule has 1 atom stereocenters. The van der Waals surface area contributed by atoms with Crippen LogP contribution in [0.3, 0.4) is 0 Å². The Balaban J connectivity index is 0.00000210. The SMILES string of the molecule is CCC(C(=O)NCc1cc2n(n1)CCNC2)N1Cc2ccccc2C1=O.Cl. The van der Waals surface area contributed by atoms with Gasteiger partial charge in [-0.05, 0) is 24.1 Å². The first-order valence-corrected chi connectivity index (χ1v) is 9.10.